The molecule has 1 heterocycles. The molecule has 0 spiro atoms. The second-order valence-electron chi connectivity index (χ2n) is 5.26. The van der Waals surface area contributed by atoms with Crippen LogP contribution in [-0.4, -0.2) is 16.2 Å². The minimum Gasteiger partial charge on any atom is -0.307 e. The van der Waals surface area contributed by atoms with Gasteiger partial charge in [-0.05, 0) is 49.4 Å². The van der Waals surface area contributed by atoms with Crippen LogP contribution < -0.4 is 5.32 Å². The second kappa shape index (κ2) is 5.13. The Kier molecular flexibility index (Phi) is 3.34. The molecule has 0 aliphatic heterocycles. The van der Waals surface area contributed by atoms with Gasteiger partial charge in [0.05, 0.1) is 6.20 Å². The van der Waals surface area contributed by atoms with Gasteiger partial charge in [-0.3, -0.25) is 5.10 Å². The molecule has 0 amide bonds. The molecule has 2 unspecified atom stereocenters. The molecule has 0 saturated carbocycles. The van der Waals surface area contributed by atoms with Gasteiger partial charge in [-0.25, -0.2) is 4.39 Å². The third-order valence-electron chi connectivity index (χ3n) is 3.85. The van der Waals surface area contributed by atoms with Crippen LogP contribution in [-0.2, 0) is 12.8 Å². The zero-order valence-electron chi connectivity index (χ0n) is 11.0. The highest BCUT2D eigenvalue weighted by Crippen LogP contribution is 2.22. The largest absolute Gasteiger partial charge is 0.307 e. The van der Waals surface area contributed by atoms with Gasteiger partial charge in [0, 0.05) is 17.8 Å². The molecule has 4 heteroatoms. The van der Waals surface area contributed by atoms with Gasteiger partial charge in [0.15, 0.2) is 0 Å². The number of rotatable bonds is 3. The van der Waals surface area contributed by atoms with Crippen LogP contribution in [0, 0.1) is 5.82 Å². The molecule has 1 aromatic heterocycles. The predicted octanol–water partition coefficient (Wildman–Crippen LogP) is 2.76. The van der Waals surface area contributed by atoms with E-state index in [0.717, 1.165) is 24.8 Å². The Bertz CT molecular complexity index is 564. The topological polar surface area (TPSA) is 40.7 Å². The highest BCUT2D eigenvalue weighted by molar-refractivity contribution is 5.23. The Morgan fingerprint density at radius 1 is 1.47 bits per heavy atom. The number of halogens is 1. The summed E-state index contributed by atoms with van der Waals surface area (Å²) in [6.07, 6.45) is 5.03. The van der Waals surface area contributed by atoms with Gasteiger partial charge in [0.25, 0.3) is 0 Å². The summed E-state index contributed by atoms with van der Waals surface area (Å²) in [7, 11) is 0. The monoisotopic (exact) mass is 259 g/mol. The van der Waals surface area contributed by atoms with Gasteiger partial charge < -0.3 is 5.32 Å². The zero-order chi connectivity index (χ0) is 13.2. The second-order valence-corrected chi connectivity index (χ2v) is 5.26. The van der Waals surface area contributed by atoms with Crippen molar-refractivity contribution in [2.24, 2.45) is 0 Å². The molecule has 19 heavy (non-hydrogen) atoms. The van der Waals surface area contributed by atoms with E-state index < -0.39 is 0 Å². The summed E-state index contributed by atoms with van der Waals surface area (Å²) < 4.78 is 13.2. The third-order valence-corrected chi connectivity index (χ3v) is 3.85. The molecule has 0 radical (unpaired) electrons. The van der Waals surface area contributed by atoms with Crippen molar-refractivity contribution in [1.29, 1.82) is 0 Å². The fraction of sp³-hybridized carbons (Fsp3) is 0.400. The molecular formula is C15H18FN3. The molecule has 100 valence electrons. The summed E-state index contributed by atoms with van der Waals surface area (Å²) in [6.45, 7) is 2.08. The predicted molar refractivity (Wildman–Crippen MR) is 72.4 cm³/mol. The maximum atomic E-state index is 13.2. The Hall–Kier alpha value is -1.68. The van der Waals surface area contributed by atoms with Gasteiger partial charge in [0.2, 0.25) is 0 Å². The molecule has 1 aliphatic rings. The summed E-state index contributed by atoms with van der Waals surface area (Å²) >= 11 is 0. The smallest absolute Gasteiger partial charge is 0.123 e. The first-order valence-electron chi connectivity index (χ1n) is 6.75. The van der Waals surface area contributed by atoms with Crippen molar-refractivity contribution in [3.63, 3.8) is 0 Å². The normalized spacial score (nSPS) is 20.0. The van der Waals surface area contributed by atoms with E-state index in [0.29, 0.717) is 6.04 Å². The first-order chi connectivity index (χ1) is 9.22. The van der Waals surface area contributed by atoms with E-state index in [1.54, 1.807) is 12.1 Å². The quantitative estimate of drug-likeness (QED) is 0.890. The number of hydrogen-bond acceptors (Lipinski definition) is 2. The molecule has 1 aliphatic carbocycles. The first kappa shape index (κ1) is 12.4. The maximum absolute atomic E-state index is 13.2. The van der Waals surface area contributed by atoms with Gasteiger partial charge >= 0.3 is 0 Å². The number of H-pyrrole nitrogens is 1. The molecular weight excluding hydrogens is 241 g/mol. The van der Waals surface area contributed by atoms with E-state index in [-0.39, 0.29) is 11.9 Å². The van der Waals surface area contributed by atoms with Crippen LogP contribution in [0.25, 0.3) is 0 Å². The van der Waals surface area contributed by atoms with Crippen LogP contribution in [0.2, 0.25) is 0 Å². The van der Waals surface area contributed by atoms with Crippen molar-refractivity contribution in [3.05, 3.63) is 53.1 Å². The van der Waals surface area contributed by atoms with E-state index >= 15 is 0 Å². The molecule has 3 rings (SSSR count). The number of fused-ring (bicyclic) bond motifs is 1. The van der Waals surface area contributed by atoms with E-state index in [1.807, 2.05) is 12.3 Å². The van der Waals surface area contributed by atoms with E-state index in [9.17, 15) is 4.39 Å². The first-order valence-corrected chi connectivity index (χ1v) is 6.75. The lowest BCUT2D eigenvalue weighted by molar-refractivity contribution is 0.411. The van der Waals surface area contributed by atoms with Crippen molar-refractivity contribution in [3.8, 4) is 0 Å². The van der Waals surface area contributed by atoms with Crippen molar-refractivity contribution < 1.29 is 4.39 Å². The number of aromatic amines is 1. The van der Waals surface area contributed by atoms with Gasteiger partial charge in [-0.15, -0.1) is 0 Å². The minimum atomic E-state index is -0.174. The van der Waals surface area contributed by atoms with Crippen LogP contribution in [0.4, 0.5) is 4.39 Å². The molecule has 2 atom stereocenters. The zero-order valence-corrected chi connectivity index (χ0v) is 11.0. The number of hydrogen-bond donors (Lipinski definition) is 2. The van der Waals surface area contributed by atoms with Crippen LogP contribution in [0.3, 0.4) is 0 Å². The molecule has 0 saturated heterocycles. The average molecular weight is 259 g/mol. The lowest BCUT2D eigenvalue weighted by Crippen LogP contribution is -2.36. The van der Waals surface area contributed by atoms with Crippen molar-refractivity contribution in [2.45, 2.75) is 38.3 Å². The minimum absolute atomic E-state index is 0.161. The van der Waals surface area contributed by atoms with Gasteiger partial charge in [0.1, 0.15) is 5.82 Å². The van der Waals surface area contributed by atoms with Crippen LogP contribution in [0.15, 0.2) is 30.5 Å². The number of aromatic nitrogens is 2. The van der Waals surface area contributed by atoms with Crippen LogP contribution in [0.1, 0.15) is 36.2 Å². The Morgan fingerprint density at radius 3 is 3.21 bits per heavy atom. The molecule has 2 aromatic rings. The summed E-state index contributed by atoms with van der Waals surface area (Å²) in [6, 6.07) is 7.40. The van der Waals surface area contributed by atoms with Crippen molar-refractivity contribution >= 4 is 0 Å². The van der Waals surface area contributed by atoms with E-state index in [1.165, 1.54) is 17.3 Å². The molecule has 2 N–H and O–H groups in total. The molecule has 0 fully saturated rings. The number of benzene rings is 1. The van der Waals surface area contributed by atoms with Gasteiger partial charge in [-0.2, -0.15) is 5.10 Å². The van der Waals surface area contributed by atoms with Crippen molar-refractivity contribution in [1.82, 2.24) is 15.5 Å². The summed E-state index contributed by atoms with van der Waals surface area (Å²) in [5.41, 5.74) is 3.56. The lowest BCUT2D eigenvalue weighted by Gasteiger charge is -2.26. The summed E-state index contributed by atoms with van der Waals surface area (Å²) in [5.74, 6) is -0.174. The fourth-order valence-corrected chi connectivity index (χ4v) is 2.78. The van der Waals surface area contributed by atoms with Crippen LogP contribution in [0.5, 0.6) is 0 Å². The fourth-order valence-electron chi connectivity index (χ4n) is 2.78. The molecule has 3 nitrogen and oxygen atoms in total. The number of nitrogens with zero attached hydrogens (tertiary/aromatic N) is 1. The molecule has 0 bridgehead atoms. The van der Waals surface area contributed by atoms with E-state index in [2.05, 4.69) is 22.4 Å². The van der Waals surface area contributed by atoms with Gasteiger partial charge in [-0.1, -0.05) is 12.1 Å². The highest BCUT2D eigenvalue weighted by Gasteiger charge is 2.21. The van der Waals surface area contributed by atoms with E-state index in [4.69, 9.17) is 0 Å². The van der Waals surface area contributed by atoms with Crippen LogP contribution >= 0.6 is 0 Å². The lowest BCUT2D eigenvalue weighted by atomic mass is 9.92. The average Bonchev–Trinajstić information content (AvgIpc) is 2.86. The third kappa shape index (κ3) is 2.68. The SMILES string of the molecule is CC(NC1CCc2[nH]ncc2C1)c1cccc(F)c1. The Morgan fingerprint density at radius 2 is 2.37 bits per heavy atom. The summed E-state index contributed by atoms with van der Waals surface area (Å²) in [5, 5.41) is 10.7. The maximum Gasteiger partial charge on any atom is 0.123 e. The Balaban J connectivity index is 1.66. The summed E-state index contributed by atoms with van der Waals surface area (Å²) in [4.78, 5) is 0. The van der Waals surface area contributed by atoms with Crippen molar-refractivity contribution in [2.75, 3.05) is 0 Å². The number of aryl methyl sites for hydroxylation is 1. The highest BCUT2D eigenvalue weighted by atomic mass is 19.1. The molecule has 1 aromatic carbocycles. The Labute approximate surface area is 112 Å². The standard InChI is InChI=1S/C15H18FN3/c1-10(11-3-2-4-13(16)7-11)18-14-5-6-15-12(8-14)9-17-19-15/h2-4,7,9-10,14,18H,5-6,8H2,1H3,(H,17,19). The number of nitrogens with one attached hydrogen (secondary N) is 2.